The lowest BCUT2D eigenvalue weighted by Crippen LogP contribution is -2.55. The summed E-state index contributed by atoms with van der Waals surface area (Å²) in [5, 5.41) is 0. The van der Waals surface area contributed by atoms with Gasteiger partial charge in [-0.2, -0.15) is 0 Å². The van der Waals surface area contributed by atoms with E-state index in [1.165, 1.54) is 54.5 Å². The van der Waals surface area contributed by atoms with Crippen molar-refractivity contribution in [2.24, 2.45) is 0 Å². The molecule has 0 spiro atoms. The molecular weight excluding hydrogens is 415 g/mol. The zero-order valence-electron chi connectivity index (χ0n) is 18.4. The Balaban J connectivity index is 1.98. The Hall–Kier alpha value is -3.55. The van der Waals surface area contributed by atoms with E-state index in [0.29, 0.717) is 6.42 Å². The average Bonchev–Trinajstić information content (AvgIpc) is 3.06. The van der Waals surface area contributed by atoms with Gasteiger partial charge in [0.2, 0.25) is 5.91 Å². The van der Waals surface area contributed by atoms with Gasteiger partial charge >= 0.3 is 5.97 Å². The second-order valence-corrected chi connectivity index (χ2v) is 8.15. The minimum atomic E-state index is -1.08. The smallest absolute Gasteiger partial charge is 0.337 e. The van der Waals surface area contributed by atoms with Crippen molar-refractivity contribution in [3.8, 4) is 0 Å². The molecule has 1 unspecified atom stereocenters. The number of ether oxygens (including phenoxy) is 1. The summed E-state index contributed by atoms with van der Waals surface area (Å²) >= 11 is 0. The van der Waals surface area contributed by atoms with Crippen LogP contribution in [0.4, 0.5) is 10.1 Å². The van der Waals surface area contributed by atoms with Crippen LogP contribution in [-0.4, -0.2) is 47.3 Å². The summed E-state index contributed by atoms with van der Waals surface area (Å²) in [4.78, 5) is 53.5. The van der Waals surface area contributed by atoms with Crippen LogP contribution in [0.1, 0.15) is 54.3 Å². The van der Waals surface area contributed by atoms with Gasteiger partial charge in [-0.05, 0) is 56.7 Å². The molecule has 3 amide bonds. The van der Waals surface area contributed by atoms with Gasteiger partial charge in [0.1, 0.15) is 11.9 Å². The Kier molecular flexibility index (Phi) is 6.43. The number of halogens is 1. The second-order valence-electron chi connectivity index (χ2n) is 8.15. The van der Waals surface area contributed by atoms with E-state index in [4.69, 9.17) is 0 Å². The highest BCUT2D eigenvalue weighted by atomic mass is 19.1. The molecule has 8 heteroatoms. The van der Waals surface area contributed by atoms with E-state index < -0.39 is 41.1 Å². The number of rotatable bonds is 6. The number of methoxy groups -OCH3 is 1. The van der Waals surface area contributed by atoms with Gasteiger partial charge in [-0.25, -0.2) is 14.1 Å². The highest BCUT2D eigenvalue weighted by molar-refractivity contribution is 6.23. The van der Waals surface area contributed by atoms with Crippen molar-refractivity contribution in [3.05, 3.63) is 65.5 Å². The van der Waals surface area contributed by atoms with E-state index in [9.17, 15) is 23.6 Å². The van der Waals surface area contributed by atoms with Crippen LogP contribution in [0.25, 0.3) is 0 Å². The summed E-state index contributed by atoms with van der Waals surface area (Å²) < 4.78 is 19.0. The average molecular weight is 440 g/mol. The van der Waals surface area contributed by atoms with E-state index in [0.717, 1.165) is 4.90 Å². The SMILES string of the molecule is CCC(C)(C)N(C(=O)c1ccccc1F)C1CC(=O)N(c2ccc(C(=O)OC)cc2)C1=O. The second kappa shape index (κ2) is 8.90. The topological polar surface area (TPSA) is 84.0 Å². The Labute approximate surface area is 185 Å². The maximum Gasteiger partial charge on any atom is 0.337 e. The van der Waals surface area contributed by atoms with Gasteiger partial charge in [0.05, 0.1) is 30.3 Å². The quantitative estimate of drug-likeness (QED) is 0.507. The molecule has 0 saturated carbocycles. The number of anilines is 1. The summed E-state index contributed by atoms with van der Waals surface area (Å²) in [6, 6.07) is 10.3. The summed E-state index contributed by atoms with van der Waals surface area (Å²) in [5.74, 6) is -2.94. The van der Waals surface area contributed by atoms with Crippen molar-refractivity contribution in [2.75, 3.05) is 12.0 Å². The first kappa shape index (κ1) is 23.1. The van der Waals surface area contributed by atoms with E-state index in [1.807, 2.05) is 6.92 Å². The Bertz CT molecular complexity index is 1060. The third-order valence-electron chi connectivity index (χ3n) is 5.82. The standard InChI is InChI=1S/C24H25FN2O5/c1-5-24(2,3)27(21(29)17-8-6-7-9-18(17)25)19-14-20(28)26(22(19)30)16-12-10-15(11-13-16)23(31)32-4/h6-13,19H,5,14H2,1-4H3. The van der Waals surface area contributed by atoms with Gasteiger partial charge in [-0.1, -0.05) is 19.1 Å². The molecule has 0 aliphatic carbocycles. The van der Waals surface area contributed by atoms with Crippen LogP contribution in [0, 0.1) is 5.82 Å². The van der Waals surface area contributed by atoms with Crippen molar-refractivity contribution in [1.82, 2.24) is 4.90 Å². The molecule has 1 fully saturated rings. The number of carbonyl (C=O) groups excluding carboxylic acids is 4. The Morgan fingerprint density at radius 2 is 1.75 bits per heavy atom. The highest BCUT2D eigenvalue weighted by Crippen LogP contribution is 2.33. The van der Waals surface area contributed by atoms with Gasteiger partial charge < -0.3 is 9.64 Å². The molecule has 7 nitrogen and oxygen atoms in total. The summed E-state index contributed by atoms with van der Waals surface area (Å²) in [5.41, 5.74) is -0.418. The van der Waals surface area contributed by atoms with Crippen LogP contribution in [0.15, 0.2) is 48.5 Å². The van der Waals surface area contributed by atoms with E-state index in [2.05, 4.69) is 4.74 Å². The summed E-state index contributed by atoms with van der Waals surface area (Å²) in [7, 11) is 1.25. The molecule has 32 heavy (non-hydrogen) atoms. The van der Waals surface area contributed by atoms with Crippen molar-refractivity contribution < 1.29 is 28.3 Å². The first-order valence-corrected chi connectivity index (χ1v) is 10.3. The van der Waals surface area contributed by atoms with Crippen molar-refractivity contribution in [2.45, 2.75) is 45.2 Å². The number of esters is 1. The van der Waals surface area contributed by atoms with Crippen molar-refractivity contribution >= 4 is 29.4 Å². The molecule has 3 rings (SSSR count). The zero-order valence-corrected chi connectivity index (χ0v) is 18.4. The molecule has 0 bridgehead atoms. The first-order valence-electron chi connectivity index (χ1n) is 10.3. The molecule has 0 radical (unpaired) electrons. The molecule has 2 aromatic rings. The molecule has 1 aliphatic rings. The van der Waals surface area contributed by atoms with E-state index >= 15 is 0 Å². The van der Waals surface area contributed by atoms with Gasteiger partial charge in [-0.3, -0.25) is 14.4 Å². The minimum absolute atomic E-state index is 0.157. The predicted molar refractivity (Wildman–Crippen MR) is 116 cm³/mol. The van der Waals surface area contributed by atoms with Crippen LogP contribution >= 0.6 is 0 Å². The van der Waals surface area contributed by atoms with Gasteiger partial charge in [0.15, 0.2) is 0 Å². The third kappa shape index (κ3) is 4.12. The number of imide groups is 1. The van der Waals surface area contributed by atoms with E-state index in [-0.39, 0.29) is 23.2 Å². The van der Waals surface area contributed by atoms with Crippen LogP contribution in [0.2, 0.25) is 0 Å². The number of benzene rings is 2. The van der Waals surface area contributed by atoms with Crippen LogP contribution < -0.4 is 4.90 Å². The van der Waals surface area contributed by atoms with Crippen molar-refractivity contribution in [1.29, 1.82) is 0 Å². The first-order chi connectivity index (χ1) is 15.1. The molecular formula is C24H25FN2O5. The lowest BCUT2D eigenvalue weighted by atomic mass is 9.94. The lowest BCUT2D eigenvalue weighted by Gasteiger charge is -2.41. The Morgan fingerprint density at radius 3 is 2.31 bits per heavy atom. The largest absolute Gasteiger partial charge is 0.465 e. The molecule has 2 aromatic carbocycles. The molecule has 168 valence electrons. The fraction of sp³-hybridized carbons (Fsp3) is 0.333. The maximum atomic E-state index is 14.4. The monoisotopic (exact) mass is 440 g/mol. The minimum Gasteiger partial charge on any atom is -0.465 e. The van der Waals surface area contributed by atoms with Gasteiger partial charge in [0, 0.05) is 5.54 Å². The molecule has 1 heterocycles. The molecule has 1 aliphatic heterocycles. The van der Waals surface area contributed by atoms with Crippen LogP contribution in [0.3, 0.4) is 0 Å². The molecule has 1 atom stereocenters. The van der Waals surface area contributed by atoms with Crippen LogP contribution in [-0.2, 0) is 14.3 Å². The third-order valence-corrected chi connectivity index (χ3v) is 5.82. The van der Waals surface area contributed by atoms with E-state index in [1.54, 1.807) is 19.9 Å². The van der Waals surface area contributed by atoms with Gasteiger partial charge in [-0.15, -0.1) is 0 Å². The fourth-order valence-electron chi connectivity index (χ4n) is 3.73. The van der Waals surface area contributed by atoms with Gasteiger partial charge in [0.25, 0.3) is 11.8 Å². The predicted octanol–water partition coefficient (Wildman–Crippen LogP) is 3.58. The number of hydrogen-bond acceptors (Lipinski definition) is 5. The summed E-state index contributed by atoms with van der Waals surface area (Å²) in [6.45, 7) is 5.40. The van der Waals surface area contributed by atoms with Crippen molar-refractivity contribution in [3.63, 3.8) is 0 Å². The van der Waals surface area contributed by atoms with Crippen LogP contribution in [0.5, 0.6) is 0 Å². The molecule has 0 aromatic heterocycles. The zero-order chi connectivity index (χ0) is 23.6. The summed E-state index contributed by atoms with van der Waals surface area (Å²) in [6.07, 6.45) is 0.264. The lowest BCUT2D eigenvalue weighted by molar-refractivity contribution is -0.123. The number of nitrogens with zero attached hydrogens (tertiary/aromatic N) is 2. The molecule has 1 saturated heterocycles. The highest BCUT2D eigenvalue weighted by Gasteiger charge is 2.48. The Morgan fingerprint density at radius 1 is 1.12 bits per heavy atom. The fourth-order valence-corrected chi connectivity index (χ4v) is 3.73. The maximum absolute atomic E-state index is 14.4. The number of carbonyl (C=O) groups is 4. The number of hydrogen-bond donors (Lipinski definition) is 0. The normalized spacial score (nSPS) is 16.3. The molecule has 0 N–H and O–H groups in total. The number of amides is 3.